The molecule has 0 atom stereocenters. The second-order valence-corrected chi connectivity index (χ2v) is 6.05. The van der Waals surface area contributed by atoms with Gasteiger partial charge in [-0.05, 0) is 41.5 Å². The van der Waals surface area contributed by atoms with Gasteiger partial charge in [0.15, 0.2) is 11.6 Å². The highest BCUT2D eigenvalue weighted by Gasteiger charge is 2.16. The van der Waals surface area contributed by atoms with Gasteiger partial charge in [0, 0.05) is 12.5 Å². The number of ether oxygens (including phenoxy) is 1. The third-order valence-corrected chi connectivity index (χ3v) is 4.05. The first-order chi connectivity index (χ1) is 13.0. The molecular weight excluding hydrogens is 369 g/mol. The molecule has 0 amide bonds. The highest BCUT2D eigenvalue weighted by molar-refractivity contribution is 6.32. The van der Waals surface area contributed by atoms with Crippen LogP contribution in [0.3, 0.4) is 0 Å². The lowest BCUT2D eigenvalue weighted by molar-refractivity contribution is 0.439. The number of aromatic nitrogens is 2. The second kappa shape index (κ2) is 7.85. The van der Waals surface area contributed by atoms with Crippen molar-refractivity contribution in [2.75, 3.05) is 0 Å². The Morgan fingerprint density at radius 2 is 2.11 bits per heavy atom. The lowest BCUT2D eigenvalue weighted by atomic mass is 10.1. The largest absolute Gasteiger partial charge is 0.453 e. The van der Waals surface area contributed by atoms with Crippen LogP contribution in [0, 0.1) is 17.1 Å². The van der Waals surface area contributed by atoms with E-state index in [0.29, 0.717) is 22.4 Å². The summed E-state index contributed by atoms with van der Waals surface area (Å²) in [6.45, 7) is 3.66. The molecule has 0 spiro atoms. The first-order valence-electron chi connectivity index (χ1n) is 7.87. The zero-order valence-corrected chi connectivity index (χ0v) is 14.8. The SMILES string of the molecule is C=Cc1cc(C#N)cc(Oc2c(Cl)ccc(Cc3ccc(=O)[nH]n3)c2F)c1. The van der Waals surface area contributed by atoms with Gasteiger partial charge in [0.2, 0.25) is 0 Å². The van der Waals surface area contributed by atoms with Crippen LogP contribution in [0.15, 0.2) is 53.8 Å². The summed E-state index contributed by atoms with van der Waals surface area (Å²) in [4.78, 5) is 11.1. The molecule has 3 aromatic rings. The second-order valence-electron chi connectivity index (χ2n) is 5.65. The van der Waals surface area contributed by atoms with Crippen LogP contribution in [0.2, 0.25) is 5.02 Å². The molecule has 1 heterocycles. The van der Waals surface area contributed by atoms with E-state index in [0.717, 1.165) is 0 Å². The van der Waals surface area contributed by atoms with E-state index < -0.39 is 5.82 Å². The molecular formula is C20H13ClFN3O2. The molecule has 0 aliphatic rings. The van der Waals surface area contributed by atoms with E-state index >= 15 is 0 Å². The molecule has 1 N–H and O–H groups in total. The fourth-order valence-corrected chi connectivity index (χ4v) is 2.64. The summed E-state index contributed by atoms with van der Waals surface area (Å²) < 4.78 is 20.6. The van der Waals surface area contributed by atoms with E-state index in [4.69, 9.17) is 21.6 Å². The number of rotatable bonds is 5. The Kier molecular flexibility index (Phi) is 5.34. The number of H-pyrrole nitrogens is 1. The molecule has 7 heteroatoms. The number of nitrogens with one attached hydrogen (secondary N) is 1. The van der Waals surface area contributed by atoms with E-state index in [9.17, 15) is 9.18 Å². The third kappa shape index (κ3) is 4.22. The van der Waals surface area contributed by atoms with Crippen LogP contribution in [0.1, 0.15) is 22.4 Å². The van der Waals surface area contributed by atoms with Crippen LogP contribution in [0.5, 0.6) is 11.5 Å². The van der Waals surface area contributed by atoms with E-state index in [1.54, 1.807) is 18.2 Å². The third-order valence-electron chi connectivity index (χ3n) is 3.75. The molecule has 0 saturated carbocycles. The van der Waals surface area contributed by atoms with Gasteiger partial charge >= 0.3 is 0 Å². The lowest BCUT2D eigenvalue weighted by Crippen LogP contribution is -2.08. The maximum Gasteiger partial charge on any atom is 0.264 e. The van der Waals surface area contributed by atoms with Gasteiger partial charge in [0.1, 0.15) is 5.75 Å². The van der Waals surface area contributed by atoms with Crippen LogP contribution in [0.25, 0.3) is 6.08 Å². The van der Waals surface area contributed by atoms with Crippen molar-refractivity contribution in [1.29, 1.82) is 5.26 Å². The highest BCUT2D eigenvalue weighted by Crippen LogP contribution is 2.35. The van der Waals surface area contributed by atoms with Crippen molar-refractivity contribution >= 4 is 17.7 Å². The highest BCUT2D eigenvalue weighted by atomic mass is 35.5. The van der Waals surface area contributed by atoms with Crippen molar-refractivity contribution in [3.8, 4) is 17.6 Å². The zero-order valence-electron chi connectivity index (χ0n) is 14.0. The average molecular weight is 382 g/mol. The maximum atomic E-state index is 15.0. The summed E-state index contributed by atoms with van der Waals surface area (Å²) in [6.07, 6.45) is 1.70. The molecule has 134 valence electrons. The molecule has 27 heavy (non-hydrogen) atoms. The Morgan fingerprint density at radius 1 is 1.30 bits per heavy atom. The molecule has 0 fully saturated rings. The normalized spacial score (nSPS) is 10.3. The molecule has 0 aliphatic carbocycles. The molecule has 0 radical (unpaired) electrons. The van der Waals surface area contributed by atoms with Crippen molar-refractivity contribution in [1.82, 2.24) is 10.2 Å². The number of hydrogen-bond donors (Lipinski definition) is 1. The van der Waals surface area contributed by atoms with Crippen molar-refractivity contribution in [3.05, 3.63) is 92.6 Å². The van der Waals surface area contributed by atoms with Gasteiger partial charge in [0.25, 0.3) is 5.56 Å². The lowest BCUT2D eigenvalue weighted by Gasteiger charge is -2.12. The van der Waals surface area contributed by atoms with Crippen molar-refractivity contribution < 1.29 is 9.13 Å². The quantitative estimate of drug-likeness (QED) is 0.707. The molecule has 1 aromatic heterocycles. The summed E-state index contributed by atoms with van der Waals surface area (Å²) in [5.41, 5.74) is 1.47. The molecule has 0 saturated heterocycles. The predicted octanol–water partition coefficient (Wildman–Crippen LogP) is 4.46. The Balaban J connectivity index is 1.96. The minimum absolute atomic E-state index is 0.0909. The predicted molar refractivity (Wildman–Crippen MR) is 100 cm³/mol. The van der Waals surface area contributed by atoms with Gasteiger partial charge in [-0.3, -0.25) is 4.79 Å². The standard InChI is InChI=1S/C20H13ClFN3O2/c1-2-12-7-13(11-23)9-16(8-12)27-20-17(21)5-3-14(19(20)22)10-15-4-6-18(26)25-24-15/h2-9H,1,10H2,(H,25,26). The van der Waals surface area contributed by atoms with Crippen LogP contribution < -0.4 is 10.3 Å². The van der Waals surface area contributed by atoms with E-state index in [-0.39, 0.29) is 28.5 Å². The molecule has 0 unspecified atom stereocenters. The first-order valence-corrected chi connectivity index (χ1v) is 8.25. The molecule has 0 bridgehead atoms. The average Bonchev–Trinajstić information content (AvgIpc) is 2.68. The Hall–Kier alpha value is -3.43. The fraction of sp³-hybridized carbons (Fsp3) is 0.0500. The van der Waals surface area contributed by atoms with Gasteiger partial charge in [0.05, 0.1) is 22.3 Å². The first kappa shape index (κ1) is 18.4. The Morgan fingerprint density at radius 3 is 2.78 bits per heavy atom. The minimum Gasteiger partial charge on any atom is -0.453 e. The van der Waals surface area contributed by atoms with Crippen LogP contribution >= 0.6 is 11.6 Å². The Bertz CT molecular complexity index is 1100. The zero-order chi connectivity index (χ0) is 19.4. The number of nitriles is 1. The topological polar surface area (TPSA) is 78.8 Å². The summed E-state index contributed by atoms with van der Waals surface area (Å²) in [7, 11) is 0. The monoisotopic (exact) mass is 381 g/mol. The van der Waals surface area contributed by atoms with Crippen LogP contribution in [-0.4, -0.2) is 10.2 Å². The van der Waals surface area contributed by atoms with Crippen molar-refractivity contribution in [2.45, 2.75) is 6.42 Å². The van der Waals surface area contributed by atoms with Gasteiger partial charge in [-0.2, -0.15) is 10.4 Å². The van der Waals surface area contributed by atoms with Crippen LogP contribution in [-0.2, 0) is 6.42 Å². The smallest absolute Gasteiger partial charge is 0.264 e. The summed E-state index contributed by atoms with van der Waals surface area (Å²) in [6, 6.07) is 12.6. The summed E-state index contributed by atoms with van der Waals surface area (Å²) >= 11 is 6.11. The number of halogens is 2. The van der Waals surface area contributed by atoms with Crippen LogP contribution in [0.4, 0.5) is 4.39 Å². The van der Waals surface area contributed by atoms with Gasteiger partial charge in [-0.25, -0.2) is 9.49 Å². The fourth-order valence-electron chi connectivity index (χ4n) is 2.45. The van der Waals surface area contributed by atoms with Crippen molar-refractivity contribution in [2.24, 2.45) is 0 Å². The van der Waals surface area contributed by atoms with E-state index in [1.807, 2.05) is 6.07 Å². The van der Waals surface area contributed by atoms with Gasteiger partial charge < -0.3 is 4.74 Å². The minimum atomic E-state index is -0.641. The van der Waals surface area contributed by atoms with E-state index in [2.05, 4.69) is 16.8 Å². The Labute approximate surface area is 159 Å². The van der Waals surface area contributed by atoms with Crippen molar-refractivity contribution in [3.63, 3.8) is 0 Å². The number of aromatic amines is 1. The molecule has 5 nitrogen and oxygen atoms in total. The molecule has 2 aromatic carbocycles. The number of nitrogens with zero attached hydrogens (tertiary/aromatic N) is 2. The summed E-state index contributed by atoms with van der Waals surface area (Å²) in [5, 5.41) is 15.4. The number of benzene rings is 2. The van der Waals surface area contributed by atoms with Gasteiger partial charge in [-0.1, -0.05) is 30.3 Å². The molecule has 3 rings (SSSR count). The van der Waals surface area contributed by atoms with Gasteiger partial charge in [-0.15, -0.1) is 0 Å². The maximum absolute atomic E-state index is 15.0. The number of hydrogen-bond acceptors (Lipinski definition) is 4. The van der Waals surface area contributed by atoms with E-state index in [1.165, 1.54) is 30.3 Å². The molecule has 0 aliphatic heterocycles. The summed E-state index contributed by atoms with van der Waals surface area (Å²) in [5.74, 6) is -0.522.